The molecule has 0 bridgehead atoms. The van der Waals surface area contributed by atoms with Gasteiger partial charge in [-0.25, -0.2) is 0 Å². The Morgan fingerprint density at radius 3 is 2.68 bits per heavy atom. The Morgan fingerprint density at radius 1 is 1.26 bits per heavy atom. The van der Waals surface area contributed by atoms with Gasteiger partial charge in [0.05, 0.1) is 11.1 Å². The minimum Gasteiger partial charge on any atom is -0.489 e. The van der Waals surface area contributed by atoms with Crippen LogP contribution in [0.3, 0.4) is 0 Å². The molecule has 0 aromatic heterocycles. The molecule has 1 aromatic carbocycles. The second-order valence-electron chi connectivity index (χ2n) is 5.46. The maximum atomic E-state index is 6.32. The maximum Gasteiger partial charge on any atom is 0.138 e. The van der Waals surface area contributed by atoms with E-state index in [1.165, 1.54) is 24.8 Å². The molecule has 2 fully saturated rings. The summed E-state index contributed by atoms with van der Waals surface area (Å²) in [4.78, 5) is 2.45. The van der Waals surface area contributed by atoms with Crippen molar-refractivity contribution in [3.63, 3.8) is 0 Å². The minimum atomic E-state index is 0.386. The summed E-state index contributed by atoms with van der Waals surface area (Å²) in [5.41, 5.74) is 1.27. The van der Waals surface area contributed by atoms with Gasteiger partial charge in [0, 0.05) is 32.7 Å². The van der Waals surface area contributed by atoms with Crippen molar-refractivity contribution in [3.8, 4) is 5.75 Å². The number of hydrogen-bond acceptors (Lipinski definition) is 3. The first-order valence-electron chi connectivity index (χ1n) is 7.19. The molecule has 0 spiro atoms. The van der Waals surface area contributed by atoms with Crippen molar-refractivity contribution in [1.82, 2.24) is 10.2 Å². The zero-order valence-electron chi connectivity index (χ0n) is 11.2. The second kappa shape index (κ2) is 6.12. The van der Waals surface area contributed by atoms with Crippen molar-refractivity contribution in [1.29, 1.82) is 0 Å². The van der Waals surface area contributed by atoms with Crippen LogP contribution in [0.15, 0.2) is 18.2 Å². The highest BCUT2D eigenvalue weighted by molar-refractivity contribution is 6.32. The Hall–Kier alpha value is -0.770. The molecule has 1 aliphatic heterocycles. The van der Waals surface area contributed by atoms with Crippen LogP contribution in [0.1, 0.15) is 24.8 Å². The summed E-state index contributed by atoms with van der Waals surface area (Å²) in [7, 11) is 0. The second-order valence-corrected chi connectivity index (χ2v) is 5.87. The fourth-order valence-electron chi connectivity index (χ4n) is 2.53. The highest BCUT2D eigenvalue weighted by atomic mass is 35.5. The number of halogens is 1. The topological polar surface area (TPSA) is 24.5 Å². The van der Waals surface area contributed by atoms with E-state index in [-0.39, 0.29) is 0 Å². The largest absolute Gasteiger partial charge is 0.489 e. The molecule has 1 saturated carbocycles. The van der Waals surface area contributed by atoms with E-state index < -0.39 is 0 Å². The molecule has 0 amide bonds. The normalized spacial score (nSPS) is 21.1. The first kappa shape index (κ1) is 13.2. The Labute approximate surface area is 119 Å². The highest BCUT2D eigenvalue weighted by Crippen LogP contribution is 2.31. The first-order chi connectivity index (χ1) is 9.31. The van der Waals surface area contributed by atoms with Crippen LogP contribution in [-0.2, 0) is 6.54 Å². The van der Waals surface area contributed by atoms with Crippen molar-refractivity contribution in [2.24, 2.45) is 0 Å². The van der Waals surface area contributed by atoms with Crippen molar-refractivity contribution in [2.75, 3.05) is 26.2 Å². The Bertz CT molecular complexity index is 428. The third-order valence-corrected chi connectivity index (χ3v) is 4.25. The molecule has 0 radical (unpaired) electrons. The predicted octanol–water partition coefficient (Wildman–Crippen LogP) is 2.68. The monoisotopic (exact) mass is 280 g/mol. The van der Waals surface area contributed by atoms with Crippen LogP contribution >= 0.6 is 11.6 Å². The summed E-state index contributed by atoms with van der Waals surface area (Å²) >= 11 is 6.32. The predicted molar refractivity (Wildman–Crippen MR) is 77.9 cm³/mol. The number of piperazine rings is 1. The molecule has 1 aromatic rings. The van der Waals surface area contributed by atoms with Gasteiger partial charge >= 0.3 is 0 Å². The lowest BCUT2D eigenvalue weighted by atomic mass is 9.96. The lowest BCUT2D eigenvalue weighted by molar-refractivity contribution is 0.120. The van der Waals surface area contributed by atoms with Gasteiger partial charge in [-0.1, -0.05) is 17.7 Å². The summed E-state index contributed by atoms with van der Waals surface area (Å²) in [6, 6.07) is 6.22. The molecule has 3 rings (SSSR count). The van der Waals surface area contributed by atoms with Crippen molar-refractivity contribution < 1.29 is 4.74 Å². The molecule has 0 atom stereocenters. The van der Waals surface area contributed by atoms with Crippen LogP contribution in [0.5, 0.6) is 5.75 Å². The van der Waals surface area contributed by atoms with E-state index in [1.807, 2.05) is 6.07 Å². The lowest BCUT2D eigenvalue weighted by Crippen LogP contribution is -2.42. The lowest BCUT2D eigenvalue weighted by Gasteiger charge is -2.28. The van der Waals surface area contributed by atoms with E-state index in [2.05, 4.69) is 22.3 Å². The molecule has 0 unspecified atom stereocenters. The molecule has 1 aliphatic carbocycles. The molecule has 3 nitrogen and oxygen atoms in total. The van der Waals surface area contributed by atoms with Crippen molar-refractivity contribution in [2.45, 2.75) is 31.9 Å². The van der Waals surface area contributed by atoms with E-state index in [0.29, 0.717) is 6.10 Å². The van der Waals surface area contributed by atoms with Gasteiger partial charge in [0.2, 0.25) is 0 Å². The number of ether oxygens (including phenoxy) is 1. The van der Waals surface area contributed by atoms with Gasteiger partial charge in [-0.15, -0.1) is 0 Å². The quantitative estimate of drug-likeness (QED) is 0.918. The fraction of sp³-hybridized carbons (Fsp3) is 0.600. The van der Waals surface area contributed by atoms with E-state index in [1.54, 1.807) is 0 Å². The molecular weight excluding hydrogens is 260 g/mol. The van der Waals surface area contributed by atoms with Crippen LogP contribution in [-0.4, -0.2) is 37.2 Å². The van der Waals surface area contributed by atoms with Crippen LogP contribution in [0.2, 0.25) is 5.02 Å². The molecule has 2 aliphatic rings. The highest BCUT2D eigenvalue weighted by Gasteiger charge is 2.20. The van der Waals surface area contributed by atoms with E-state index in [9.17, 15) is 0 Å². The molecule has 104 valence electrons. The summed E-state index contributed by atoms with van der Waals surface area (Å²) in [5.74, 6) is 0.843. The first-order valence-corrected chi connectivity index (χ1v) is 7.57. The number of rotatable bonds is 4. The number of nitrogens with zero attached hydrogens (tertiary/aromatic N) is 1. The number of nitrogens with one attached hydrogen (secondary N) is 1. The van der Waals surface area contributed by atoms with Gasteiger partial charge in [0.15, 0.2) is 0 Å². The smallest absolute Gasteiger partial charge is 0.138 e. The average molecular weight is 281 g/mol. The Kier molecular flexibility index (Phi) is 4.26. The van der Waals surface area contributed by atoms with Gasteiger partial charge in [0.25, 0.3) is 0 Å². The third-order valence-electron chi connectivity index (χ3n) is 3.96. The Morgan fingerprint density at radius 2 is 2.05 bits per heavy atom. The van der Waals surface area contributed by atoms with Gasteiger partial charge in [-0.3, -0.25) is 4.90 Å². The van der Waals surface area contributed by atoms with Crippen LogP contribution < -0.4 is 10.1 Å². The minimum absolute atomic E-state index is 0.386. The van der Waals surface area contributed by atoms with E-state index >= 15 is 0 Å². The molecule has 1 saturated heterocycles. The van der Waals surface area contributed by atoms with Crippen LogP contribution in [0.4, 0.5) is 0 Å². The molecule has 1 N–H and O–H groups in total. The number of benzene rings is 1. The molecular formula is C15H21ClN2O. The van der Waals surface area contributed by atoms with Crippen molar-refractivity contribution >= 4 is 11.6 Å². The summed E-state index contributed by atoms with van der Waals surface area (Å²) in [6.45, 7) is 5.36. The van der Waals surface area contributed by atoms with Gasteiger partial charge in [0.1, 0.15) is 5.75 Å². The summed E-state index contributed by atoms with van der Waals surface area (Å²) in [6.07, 6.45) is 4.00. The van der Waals surface area contributed by atoms with E-state index in [0.717, 1.165) is 43.5 Å². The van der Waals surface area contributed by atoms with Crippen LogP contribution in [0.25, 0.3) is 0 Å². The van der Waals surface area contributed by atoms with Gasteiger partial charge < -0.3 is 10.1 Å². The third kappa shape index (κ3) is 3.41. The van der Waals surface area contributed by atoms with Gasteiger partial charge in [-0.2, -0.15) is 0 Å². The molecule has 1 heterocycles. The summed E-state index contributed by atoms with van der Waals surface area (Å²) < 4.78 is 5.87. The summed E-state index contributed by atoms with van der Waals surface area (Å²) in [5, 5.41) is 4.12. The Balaban J connectivity index is 1.61. The maximum absolute atomic E-state index is 6.32. The van der Waals surface area contributed by atoms with Crippen LogP contribution in [0, 0.1) is 0 Å². The number of hydrogen-bond donors (Lipinski definition) is 1. The SMILES string of the molecule is Clc1cc(CN2CCNCC2)ccc1OC1CCC1. The fourth-order valence-corrected chi connectivity index (χ4v) is 2.78. The van der Waals surface area contributed by atoms with E-state index in [4.69, 9.17) is 16.3 Å². The molecule has 4 heteroatoms. The zero-order valence-corrected chi connectivity index (χ0v) is 12.0. The average Bonchev–Trinajstić information content (AvgIpc) is 2.37. The zero-order chi connectivity index (χ0) is 13.1. The molecule has 19 heavy (non-hydrogen) atoms. The van der Waals surface area contributed by atoms with Crippen molar-refractivity contribution in [3.05, 3.63) is 28.8 Å². The van der Waals surface area contributed by atoms with Gasteiger partial charge in [-0.05, 0) is 37.0 Å². The standard InChI is InChI=1S/C15H21ClN2O/c16-14-10-12(11-18-8-6-17-7-9-18)4-5-15(14)19-13-2-1-3-13/h4-5,10,13,17H,1-3,6-9,11H2.